The van der Waals surface area contributed by atoms with Crippen molar-refractivity contribution in [3.63, 3.8) is 0 Å². The van der Waals surface area contributed by atoms with E-state index in [-0.39, 0.29) is 23.7 Å². The highest BCUT2D eigenvalue weighted by atomic mass is 35.5. The summed E-state index contributed by atoms with van der Waals surface area (Å²) in [6.45, 7) is 4.07. The van der Waals surface area contributed by atoms with Gasteiger partial charge in [0.25, 0.3) is 5.91 Å². The van der Waals surface area contributed by atoms with Crippen molar-refractivity contribution in [2.24, 2.45) is 11.1 Å². The van der Waals surface area contributed by atoms with Crippen LogP contribution in [0.3, 0.4) is 0 Å². The van der Waals surface area contributed by atoms with Crippen LogP contribution in [0.25, 0.3) is 0 Å². The van der Waals surface area contributed by atoms with Crippen molar-refractivity contribution in [2.45, 2.75) is 13.3 Å². The first kappa shape index (κ1) is 16.6. The van der Waals surface area contributed by atoms with Crippen molar-refractivity contribution in [3.05, 3.63) is 33.8 Å². The number of likely N-dealkylation sites (tertiary alicyclic amines) is 1. The maximum Gasteiger partial charge on any atom is 0.255 e. The van der Waals surface area contributed by atoms with Crippen LogP contribution in [0.1, 0.15) is 23.7 Å². The fourth-order valence-corrected chi connectivity index (χ4v) is 2.58. The molecule has 2 N–H and O–H groups in total. The van der Waals surface area contributed by atoms with Crippen molar-refractivity contribution < 1.29 is 4.79 Å². The first-order valence-electron chi connectivity index (χ1n) is 5.90. The zero-order valence-corrected chi connectivity index (χ0v) is 13.0. The van der Waals surface area contributed by atoms with E-state index in [4.69, 9.17) is 28.9 Å². The molecule has 0 aliphatic carbocycles. The molecule has 6 heteroatoms. The molecule has 0 bridgehead atoms. The van der Waals surface area contributed by atoms with Gasteiger partial charge in [-0.2, -0.15) is 0 Å². The van der Waals surface area contributed by atoms with Crippen LogP contribution in [0.2, 0.25) is 10.0 Å². The summed E-state index contributed by atoms with van der Waals surface area (Å²) in [5, 5.41) is 0.730. The number of amides is 1. The maximum atomic E-state index is 12.4. The summed E-state index contributed by atoms with van der Waals surface area (Å²) < 4.78 is 0. The van der Waals surface area contributed by atoms with Gasteiger partial charge in [-0.25, -0.2) is 0 Å². The van der Waals surface area contributed by atoms with E-state index in [2.05, 4.69) is 6.92 Å². The van der Waals surface area contributed by atoms with Crippen LogP contribution in [0, 0.1) is 5.41 Å². The summed E-state index contributed by atoms with van der Waals surface area (Å²) in [6, 6.07) is 5.11. The van der Waals surface area contributed by atoms with E-state index in [0.29, 0.717) is 28.7 Å². The van der Waals surface area contributed by atoms with E-state index >= 15 is 0 Å². The van der Waals surface area contributed by atoms with E-state index < -0.39 is 0 Å². The summed E-state index contributed by atoms with van der Waals surface area (Å²) >= 11 is 12.0. The third-order valence-electron chi connectivity index (χ3n) is 3.52. The Hall–Kier alpha value is -0.480. The number of nitrogens with zero attached hydrogens (tertiary/aromatic N) is 1. The predicted octanol–water partition coefficient (Wildman–Crippen LogP) is 3.23. The molecular weight excluding hydrogens is 307 g/mol. The molecule has 1 saturated heterocycles. The topological polar surface area (TPSA) is 46.3 Å². The monoisotopic (exact) mass is 322 g/mol. The molecule has 1 aromatic rings. The molecule has 0 saturated carbocycles. The summed E-state index contributed by atoms with van der Waals surface area (Å²) in [6.07, 6.45) is 0.924. The van der Waals surface area contributed by atoms with Gasteiger partial charge in [0.15, 0.2) is 0 Å². The fourth-order valence-electron chi connectivity index (χ4n) is 2.20. The quantitative estimate of drug-likeness (QED) is 0.908. The van der Waals surface area contributed by atoms with Gasteiger partial charge in [0.2, 0.25) is 0 Å². The molecule has 1 aromatic carbocycles. The molecule has 1 aliphatic heterocycles. The lowest BCUT2D eigenvalue weighted by atomic mass is 9.90. The molecule has 0 aromatic heterocycles. The molecular formula is C13H17Cl3N2O. The summed E-state index contributed by atoms with van der Waals surface area (Å²) in [4.78, 5) is 14.2. The highest BCUT2D eigenvalue weighted by molar-refractivity contribution is 6.43. The van der Waals surface area contributed by atoms with Gasteiger partial charge >= 0.3 is 0 Å². The number of halogens is 3. The van der Waals surface area contributed by atoms with E-state index in [9.17, 15) is 4.79 Å². The third kappa shape index (κ3) is 3.34. The number of hydrogen-bond donors (Lipinski definition) is 1. The lowest BCUT2D eigenvalue weighted by Gasteiger charge is -2.23. The van der Waals surface area contributed by atoms with Crippen molar-refractivity contribution >= 4 is 41.5 Å². The Kier molecular flexibility index (Phi) is 5.51. The van der Waals surface area contributed by atoms with Gasteiger partial charge in [0.05, 0.1) is 15.6 Å². The van der Waals surface area contributed by atoms with E-state index in [1.807, 2.05) is 0 Å². The average Bonchev–Trinajstić information content (AvgIpc) is 2.75. The van der Waals surface area contributed by atoms with Gasteiger partial charge in [-0.3, -0.25) is 4.79 Å². The Balaban J connectivity index is 0.00000180. The van der Waals surface area contributed by atoms with Crippen molar-refractivity contribution in [1.29, 1.82) is 0 Å². The van der Waals surface area contributed by atoms with Gasteiger partial charge in [-0.15, -0.1) is 12.4 Å². The van der Waals surface area contributed by atoms with Crippen LogP contribution in [0.5, 0.6) is 0 Å². The second-order valence-electron chi connectivity index (χ2n) is 5.09. The highest BCUT2D eigenvalue weighted by Crippen LogP contribution is 2.32. The van der Waals surface area contributed by atoms with Crippen LogP contribution in [-0.2, 0) is 0 Å². The van der Waals surface area contributed by atoms with E-state index in [0.717, 1.165) is 13.0 Å². The fraction of sp³-hybridized carbons (Fsp3) is 0.462. The van der Waals surface area contributed by atoms with Crippen LogP contribution >= 0.6 is 35.6 Å². The molecule has 1 aliphatic rings. The molecule has 3 nitrogen and oxygen atoms in total. The first-order chi connectivity index (χ1) is 8.47. The Labute approximate surface area is 129 Å². The van der Waals surface area contributed by atoms with Gasteiger partial charge in [-0.05, 0) is 30.5 Å². The van der Waals surface area contributed by atoms with Crippen LogP contribution in [0.4, 0.5) is 0 Å². The number of rotatable bonds is 2. The normalized spacial score (nSPS) is 22.2. The van der Waals surface area contributed by atoms with Gasteiger partial charge in [0.1, 0.15) is 0 Å². The summed E-state index contributed by atoms with van der Waals surface area (Å²) in [7, 11) is 0. The number of hydrogen-bond acceptors (Lipinski definition) is 2. The Morgan fingerprint density at radius 1 is 1.47 bits per heavy atom. The molecule has 1 heterocycles. The Morgan fingerprint density at radius 3 is 2.74 bits per heavy atom. The van der Waals surface area contributed by atoms with Crippen LogP contribution < -0.4 is 5.73 Å². The summed E-state index contributed by atoms with van der Waals surface area (Å²) in [5.74, 6) is -0.0697. The maximum absolute atomic E-state index is 12.4. The number of nitrogens with two attached hydrogens (primary N) is 1. The Morgan fingerprint density at radius 2 is 2.16 bits per heavy atom. The molecule has 1 atom stereocenters. The largest absolute Gasteiger partial charge is 0.338 e. The average molecular weight is 324 g/mol. The second kappa shape index (κ2) is 6.31. The zero-order valence-electron chi connectivity index (χ0n) is 10.7. The minimum absolute atomic E-state index is 0. The lowest BCUT2D eigenvalue weighted by molar-refractivity contribution is 0.0777. The van der Waals surface area contributed by atoms with E-state index in [1.165, 1.54) is 0 Å². The van der Waals surface area contributed by atoms with Crippen molar-refractivity contribution in [3.8, 4) is 0 Å². The minimum Gasteiger partial charge on any atom is -0.338 e. The highest BCUT2D eigenvalue weighted by Gasteiger charge is 2.35. The first-order valence-corrected chi connectivity index (χ1v) is 6.66. The van der Waals surface area contributed by atoms with E-state index in [1.54, 1.807) is 23.1 Å². The molecule has 2 rings (SSSR count). The molecule has 1 fully saturated rings. The molecule has 1 unspecified atom stereocenters. The molecule has 0 spiro atoms. The number of benzene rings is 1. The van der Waals surface area contributed by atoms with Crippen LogP contribution in [-0.4, -0.2) is 30.4 Å². The van der Waals surface area contributed by atoms with Gasteiger partial charge < -0.3 is 10.6 Å². The zero-order chi connectivity index (χ0) is 13.3. The third-order valence-corrected chi connectivity index (χ3v) is 4.34. The summed E-state index contributed by atoms with van der Waals surface area (Å²) in [5.41, 5.74) is 6.22. The molecule has 0 radical (unpaired) electrons. The van der Waals surface area contributed by atoms with Gasteiger partial charge in [0, 0.05) is 13.1 Å². The molecule has 106 valence electrons. The van der Waals surface area contributed by atoms with Crippen molar-refractivity contribution in [1.82, 2.24) is 4.90 Å². The minimum atomic E-state index is -0.0697. The lowest BCUT2D eigenvalue weighted by Crippen LogP contribution is -2.34. The van der Waals surface area contributed by atoms with Crippen LogP contribution in [0.15, 0.2) is 18.2 Å². The van der Waals surface area contributed by atoms with Gasteiger partial charge in [-0.1, -0.05) is 36.2 Å². The smallest absolute Gasteiger partial charge is 0.255 e. The Bertz CT molecular complexity index is 481. The number of carbonyl (C=O) groups is 1. The van der Waals surface area contributed by atoms with Crippen molar-refractivity contribution in [2.75, 3.05) is 19.6 Å². The second-order valence-corrected chi connectivity index (χ2v) is 5.88. The molecule has 19 heavy (non-hydrogen) atoms. The predicted molar refractivity (Wildman–Crippen MR) is 81.4 cm³/mol. The SMILES string of the molecule is CC1(CN)CCN(C(=O)c2cccc(Cl)c2Cl)C1.Cl. The number of carbonyl (C=O) groups excluding carboxylic acids is 1. The molecule has 1 amide bonds. The standard InChI is InChI=1S/C13H16Cl2N2O.ClH/c1-13(7-16)5-6-17(8-13)12(18)9-3-2-4-10(14)11(9)15;/h2-4H,5-8,16H2,1H3;1H.